The minimum Gasteiger partial charge on any atom is -0.319 e. The van der Waals surface area contributed by atoms with Gasteiger partial charge in [-0.05, 0) is 18.2 Å². The molecule has 1 amide bonds. The summed E-state index contributed by atoms with van der Waals surface area (Å²) < 4.78 is 36.9. The molecule has 2 aromatic heterocycles. The lowest BCUT2D eigenvalue weighted by Gasteiger charge is -2.07. The maximum absolute atomic E-state index is 12.3. The second kappa shape index (κ2) is 5.11. The Morgan fingerprint density at radius 2 is 1.95 bits per heavy atom. The van der Waals surface area contributed by atoms with Crippen molar-refractivity contribution >= 4 is 11.6 Å². The van der Waals surface area contributed by atoms with Crippen molar-refractivity contribution in [3.63, 3.8) is 0 Å². The van der Waals surface area contributed by atoms with Gasteiger partial charge in [0.15, 0.2) is 0 Å². The highest BCUT2D eigenvalue weighted by molar-refractivity contribution is 6.02. The highest BCUT2D eigenvalue weighted by Crippen LogP contribution is 2.27. The van der Waals surface area contributed by atoms with Gasteiger partial charge in [-0.25, -0.2) is 10.1 Å². The Morgan fingerprint density at radius 1 is 1.20 bits per heavy atom. The van der Waals surface area contributed by atoms with E-state index in [0.717, 1.165) is 24.4 Å². The Kier molecular flexibility index (Phi) is 3.51. The molecule has 6 nitrogen and oxygen atoms in total. The first-order chi connectivity index (χ1) is 9.36. The zero-order valence-corrected chi connectivity index (χ0v) is 9.73. The summed E-state index contributed by atoms with van der Waals surface area (Å²) in [5.41, 5.74) is -1.53. The van der Waals surface area contributed by atoms with Gasteiger partial charge in [0.1, 0.15) is 11.4 Å². The van der Waals surface area contributed by atoms with Gasteiger partial charge in [0.05, 0.1) is 11.9 Å². The Bertz CT molecular complexity index is 659. The Morgan fingerprint density at radius 3 is 2.45 bits per heavy atom. The Labute approximate surface area is 109 Å². The van der Waals surface area contributed by atoms with Gasteiger partial charge in [0, 0.05) is 6.07 Å². The maximum Gasteiger partial charge on any atom is 0.433 e. The van der Waals surface area contributed by atoms with Gasteiger partial charge in [-0.2, -0.15) is 18.3 Å². The first kappa shape index (κ1) is 13.7. The molecule has 0 bridgehead atoms. The largest absolute Gasteiger partial charge is 0.433 e. The van der Waals surface area contributed by atoms with E-state index < -0.39 is 23.3 Å². The number of alkyl halides is 3. The summed E-state index contributed by atoms with van der Waals surface area (Å²) in [6, 6.07) is 4.11. The van der Waals surface area contributed by atoms with Gasteiger partial charge in [-0.1, -0.05) is 0 Å². The second-order valence-corrected chi connectivity index (χ2v) is 3.69. The van der Waals surface area contributed by atoms with Crippen LogP contribution in [-0.4, -0.2) is 21.1 Å². The normalized spacial score (nSPS) is 11.2. The van der Waals surface area contributed by atoms with Crippen LogP contribution in [0, 0.1) is 0 Å². The third-order valence-corrected chi connectivity index (χ3v) is 2.22. The van der Waals surface area contributed by atoms with Gasteiger partial charge in [-0.3, -0.25) is 9.59 Å². The smallest absolute Gasteiger partial charge is 0.319 e. The average Bonchev–Trinajstić information content (AvgIpc) is 2.39. The lowest BCUT2D eigenvalue weighted by molar-refractivity contribution is -0.141. The summed E-state index contributed by atoms with van der Waals surface area (Å²) in [6.07, 6.45) is -3.66. The van der Waals surface area contributed by atoms with E-state index in [0.29, 0.717) is 0 Å². The number of nitrogens with zero attached hydrogens (tertiary/aromatic N) is 2. The molecule has 0 aromatic carbocycles. The zero-order chi connectivity index (χ0) is 14.8. The molecule has 0 spiro atoms. The number of H-pyrrole nitrogens is 1. The van der Waals surface area contributed by atoms with Crippen LogP contribution < -0.4 is 10.9 Å². The first-order valence-corrected chi connectivity index (χ1v) is 5.26. The number of amides is 1. The van der Waals surface area contributed by atoms with Crippen LogP contribution in [-0.2, 0) is 6.18 Å². The molecule has 0 aliphatic carbocycles. The van der Waals surface area contributed by atoms with Gasteiger partial charge in [0.25, 0.3) is 11.5 Å². The molecule has 9 heteroatoms. The summed E-state index contributed by atoms with van der Waals surface area (Å²) in [4.78, 5) is 25.6. The number of anilines is 1. The van der Waals surface area contributed by atoms with Crippen LogP contribution in [0.1, 0.15) is 16.2 Å². The van der Waals surface area contributed by atoms with E-state index in [-0.39, 0.29) is 11.4 Å². The van der Waals surface area contributed by atoms with Crippen molar-refractivity contribution in [3.05, 3.63) is 52.2 Å². The maximum atomic E-state index is 12.3. The van der Waals surface area contributed by atoms with Gasteiger partial charge < -0.3 is 5.32 Å². The van der Waals surface area contributed by atoms with Crippen molar-refractivity contribution in [2.45, 2.75) is 6.18 Å². The number of halogens is 3. The fourth-order valence-corrected chi connectivity index (χ4v) is 1.30. The van der Waals surface area contributed by atoms with E-state index in [1.165, 1.54) is 6.07 Å². The van der Waals surface area contributed by atoms with Crippen LogP contribution >= 0.6 is 0 Å². The van der Waals surface area contributed by atoms with Crippen molar-refractivity contribution in [2.75, 3.05) is 5.32 Å². The van der Waals surface area contributed by atoms with E-state index in [4.69, 9.17) is 0 Å². The number of carbonyl (C=O) groups is 1. The van der Waals surface area contributed by atoms with Crippen molar-refractivity contribution in [2.24, 2.45) is 0 Å². The monoisotopic (exact) mass is 284 g/mol. The lowest BCUT2D eigenvalue weighted by Crippen LogP contribution is -2.18. The average molecular weight is 284 g/mol. The molecule has 0 saturated heterocycles. The zero-order valence-electron chi connectivity index (χ0n) is 9.73. The quantitative estimate of drug-likeness (QED) is 0.873. The van der Waals surface area contributed by atoms with E-state index in [1.54, 1.807) is 0 Å². The SMILES string of the molecule is O=C(Nc1ccc(C(F)(F)F)nc1)c1ccc(=O)[nH]n1. The molecule has 0 atom stereocenters. The number of aromatic nitrogens is 3. The molecular weight excluding hydrogens is 277 g/mol. The first-order valence-electron chi connectivity index (χ1n) is 5.26. The number of nitrogens with one attached hydrogen (secondary N) is 2. The molecule has 0 aliphatic rings. The summed E-state index contributed by atoms with van der Waals surface area (Å²) >= 11 is 0. The molecule has 2 N–H and O–H groups in total. The molecule has 0 unspecified atom stereocenters. The van der Waals surface area contributed by atoms with Crippen LogP contribution in [0.2, 0.25) is 0 Å². The molecule has 2 heterocycles. The molecule has 0 aliphatic heterocycles. The number of hydrogen-bond donors (Lipinski definition) is 2. The highest BCUT2D eigenvalue weighted by atomic mass is 19.4. The third kappa shape index (κ3) is 3.19. The predicted octanol–water partition coefficient (Wildman–Crippen LogP) is 1.44. The van der Waals surface area contributed by atoms with Crippen molar-refractivity contribution in [3.8, 4) is 0 Å². The van der Waals surface area contributed by atoms with Crippen LogP contribution in [0.4, 0.5) is 18.9 Å². The molecule has 0 radical (unpaired) electrons. The molecule has 0 fully saturated rings. The lowest BCUT2D eigenvalue weighted by atomic mass is 10.3. The van der Waals surface area contributed by atoms with E-state index >= 15 is 0 Å². The third-order valence-electron chi connectivity index (χ3n) is 2.22. The van der Waals surface area contributed by atoms with Crippen molar-refractivity contribution in [1.82, 2.24) is 15.2 Å². The number of hydrogen-bond acceptors (Lipinski definition) is 4. The van der Waals surface area contributed by atoms with Crippen LogP contribution in [0.5, 0.6) is 0 Å². The molecule has 2 aromatic rings. The number of carbonyl (C=O) groups excluding carboxylic acids is 1. The van der Waals surface area contributed by atoms with E-state index in [9.17, 15) is 22.8 Å². The Hall–Kier alpha value is -2.71. The summed E-state index contributed by atoms with van der Waals surface area (Å²) in [7, 11) is 0. The topological polar surface area (TPSA) is 87.7 Å². The van der Waals surface area contributed by atoms with Crippen LogP contribution in [0.25, 0.3) is 0 Å². The fourth-order valence-electron chi connectivity index (χ4n) is 1.30. The molecule has 104 valence electrons. The summed E-state index contributed by atoms with van der Waals surface area (Å²) in [5.74, 6) is -0.678. The highest BCUT2D eigenvalue weighted by Gasteiger charge is 2.32. The predicted molar refractivity (Wildman–Crippen MR) is 62.0 cm³/mol. The fraction of sp³-hybridized carbons (Fsp3) is 0.0909. The molecule has 20 heavy (non-hydrogen) atoms. The van der Waals surface area contributed by atoms with Crippen molar-refractivity contribution < 1.29 is 18.0 Å². The van der Waals surface area contributed by atoms with Crippen molar-refractivity contribution in [1.29, 1.82) is 0 Å². The van der Waals surface area contributed by atoms with Gasteiger partial charge >= 0.3 is 6.18 Å². The second-order valence-electron chi connectivity index (χ2n) is 3.69. The minimum absolute atomic E-state index is 0.0792. The van der Waals surface area contributed by atoms with Crippen LogP contribution in [0.15, 0.2) is 35.3 Å². The number of pyridine rings is 1. The summed E-state index contributed by atoms with van der Waals surface area (Å²) in [5, 5.41) is 7.85. The van der Waals surface area contributed by atoms with Gasteiger partial charge in [-0.15, -0.1) is 0 Å². The number of rotatable bonds is 2. The molecule has 2 rings (SSSR count). The van der Waals surface area contributed by atoms with Crippen LogP contribution in [0.3, 0.4) is 0 Å². The Balaban J connectivity index is 2.12. The van der Waals surface area contributed by atoms with Gasteiger partial charge in [0.2, 0.25) is 0 Å². The standard InChI is InChI=1S/C11H7F3N4O2/c12-11(13,14)8-3-1-6(5-15-8)16-10(20)7-2-4-9(19)18-17-7/h1-5H,(H,16,20)(H,18,19). The van der Waals surface area contributed by atoms with E-state index in [2.05, 4.69) is 20.5 Å². The minimum atomic E-state index is -4.54. The summed E-state index contributed by atoms with van der Waals surface area (Å²) in [6.45, 7) is 0. The molecular formula is C11H7F3N4O2. The number of aromatic amines is 1. The van der Waals surface area contributed by atoms with E-state index in [1.807, 2.05) is 0 Å². The molecule has 0 saturated carbocycles.